The minimum atomic E-state index is -0.223. The van der Waals surface area contributed by atoms with Crippen molar-refractivity contribution in [1.82, 2.24) is 0 Å². The zero-order valence-corrected chi connectivity index (χ0v) is 8.79. The van der Waals surface area contributed by atoms with Gasteiger partial charge in [0, 0.05) is 0 Å². The number of carbonyl (C=O) groups is 1. The molecule has 0 heterocycles. The Kier molecular flexibility index (Phi) is 3.51. The minimum absolute atomic E-state index is 0.110. The van der Waals surface area contributed by atoms with Crippen molar-refractivity contribution in [2.75, 3.05) is 5.32 Å². The van der Waals surface area contributed by atoms with E-state index in [0.717, 1.165) is 10.1 Å². The van der Waals surface area contributed by atoms with Crippen LogP contribution in [0.25, 0.3) is 0 Å². The van der Waals surface area contributed by atoms with Gasteiger partial charge in [-0.1, -0.05) is 0 Å². The summed E-state index contributed by atoms with van der Waals surface area (Å²) in [6, 6.07) is 7.35. The predicted octanol–water partition coefficient (Wildman–Crippen LogP) is 0.456. The molecule has 1 rings (SSSR count). The number of anilines is 1. The number of rotatable bonds is 2. The van der Waals surface area contributed by atoms with Crippen LogP contribution in [0.1, 0.15) is 6.92 Å². The maximum atomic E-state index is 10.8. The molecule has 1 N–H and O–H groups in total. The van der Waals surface area contributed by atoms with E-state index in [1.165, 1.54) is 6.92 Å². The van der Waals surface area contributed by atoms with Crippen molar-refractivity contribution in [3.05, 3.63) is 24.3 Å². The predicted molar refractivity (Wildman–Crippen MR) is 51.7 cm³/mol. The van der Waals surface area contributed by atoms with Gasteiger partial charge in [0.25, 0.3) is 0 Å². The van der Waals surface area contributed by atoms with E-state index in [1.807, 2.05) is 18.2 Å². The quantitative estimate of drug-likeness (QED) is 0.762. The topological polar surface area (TPSA) is 52.9 Å². The molecule has 4 heteroatoms. The molecule has 0 fully saturated rings. The molecular formula is C9H8N2OSe. The third-order valence-electron chi connectivity index (χ3n) is 1.35. The second-order valence-corrected chi connectivity index (χ2v) is 4.10. The van der Waals surface area contributed by atoms with Crippen LogP contribution in [0.4, 0.5) is 5.69 Å². The van der Waals surface area contributed by atoms with E-state index < -0.39 is 0 Å². The van der Waals surface area contributed by atoms with Gasteiger partial charge in [-0.25, -0.2) is 0 Å². The molecule has 1 amide bonds. The molecule has 0 aliphatic rings. The van der Waals surface area contributed by atoms with E-state index in [9.17, 15) is 4.79 Å². The maximum absolute atomic E-state index is 10.8. The average Bonchev–Trinajstić information content (AvgIpc) is 2.08. The van der Waals surface area contributed by atoms with Gasteiger partial charge in [0.2, 0.25) is 0 Å². The summed E-state index contributed by atoms with van der Waals surface area (Å²) in [5.41, 5.74) is 0.747. The normalized spacial score (nSPS) is 8.92. The Balaban J connectivity index is 2.92. The molecule has 0 atom stereocenters. The summed E-state index contributed by atoms with van der Waals surface area (Å²) < 4.78 is 0.910. The molecule has 1 aromatic rings. The van der Waals surface area contributed by atoms with Gasteiger partial charge < -0.3 is 0 Å². The number of amides is 1. The van der Waals surface area contributed by atoms with Crippen LogP contribution in [-0.2, 0) is 4.79 Å². The molecule has 13 heavy (non-hydrogen) atoms. The molecule has 0 aliphatic heterocycles. The first-order chi connectivity index (χ1) is 6.24. The van der Waals surface area contributed by atoms with Gasteiger partial charge in [0.05, 0.1) is 0 Å². The Morgan fingerprint density at radius 1 is 1.54 bits per heavy atom. The van der Waals surface area contributed by atoms with Gasteiger partial charge in [-0.05, 0) is 0 Å². The Morgan fingerprint density at radius 2 is 2.23 bits per heavy atom. The van der Waals surface area contributed by atoms with Crippen LogP contribution in [0.5, 0.6) is 0 Å². The zero-order valence-electron chi connectivity index (χ0n) is 7.07. The van der Waals surface area contributed by atoms with Crippen LogP contribution in [0, 0.1) is 10.2 Å². The molecule has 0 spiro atoms. The third-order valence-corrected chi connectivity index (χ3v) is 2.75. The third kappa shape index (κ3) is 2.90. The fraction of sp³-hybridized carbons (Fsp3) is 0.111. The summed E-state index contributed by atoms with van der Waals surface area (Å²) in [4.78, 5) is 12.9. The molecule has 0 bridgehead atoms. The van der Waals surface area contributed by atoms with Crippen LogP contribution in [0.3, 0.4) is 0 Å². The van der Waals surface area contributed by atoms with Crippen LogP contribution in [0.15, 0.2) is 24.3 Å². The number of nitrogens with one attached hydrogen (secondary N) is 1. The molecule has 1 aromatic carbocycles. The Hall–Kier alpha value is -1.30. The van der Waals surface area contributed by atoms with E-state index >= 15 is 0 Å². The molecule has 0 radical (unpaired) electrons. The monoisotopic (exact) mass is 240 g/mol. The number of nitrogens with zero attached hydrogens (tertiary/aromatic N) is 1. The van der Waals surface area contributed by atoms with Crippen molar-refractivity contribution in [3.8, 4) is 4.97 Å². The summed E-state index contributed by atoms with van der Waals surface area (Å²) in [5, 5.41) is 11.2. The van der Waals surface area contributed by atoms with Crippen molar-refractivity contribution < 1.29 is 4.79 Å². The number of para-hydroxylation sites is 1. The number of nitriles is 1. The average molecular weight is 239 g/mol. The van der Waals surface area contributed by atoms with Gasteiger partial charge >= 0.3 is 82.5 Å². The van der Waals surface area contributed by atoms with Crippen molar-refractivity contribution in [3.63, 3.8) is 0 Å². The molecule has 0 aromatic heterocycles. The summed E-state index contributed by atoms with van der Waals surface area (Å²) in [6.07, 6.45) is 0. The van der Waals surface area contributed by atoms with Crippen LogP contribution in [0.2, 0.25) is 0 Å². The molecule has 0 saturated carbocycles. The summed E-state index contributed by atoms with van der Waals surface area (Å²) in [7, 11) is 0. The first-order valence-corrected chi connectivity index (χ1v) is 5.38. The van der Waals surface area contributed by atoms with Gasteiger partial charge in [0.1, 0.15) is 0 Å². The van der Waals surface area contributed by atoms with E-state index in [2.05, 4.69) is 10.3 Å². The van der Waals surface area contributed by atoms with Crippen LogP contribution < -0.4 is 9.78 Å². The van der Waals surface area contributed by atoms with E-state index in [0.29, 0.717) is 0 Å². The van der Waals surface area contributed by atoms with E-state index in [-0.39, 0.29) is 20.9 Å². The summed E-state index contributed by atoms with van der Waals surface area (Å²) in [6.45, 7) is 1.45. The Morgan fingerprint density at radius 3 is 2.85 bits per heavy atom. The fourth-order valence-corrected chi connectivity index (χ4v) is 1.89. The first kappa shape index (κ1) is 9.78. The van der Waals surface area contributed by atoms with Crippen molar-refractivity contribution in [1.29, 1.82) is 5.26 Å². The van der Waals surface area contributed by atoms with Gasteiger partial charge in [-0.3, -0.25) is 0 Å². The standard InChI is InChI=1S/C9H8N2OSe/c1-7(12)11-8-4-2-3-5-9(8)13-6-10/h2-5H,1H3,(H,11,12). The van der Waals surface area contributed by atoms with Gasteiger partial charge in [-0.2, -0.15) is 0 Å². The number of benzene rings is 1. The molecular weight excluding hydrogens is 231 g/mol. The Labute approximate surface area is 82.9 Å². The first-order valence-electron chi connectivity index (χ1n) is 3.66. The number of hydrogen-bond acceptors (Lipinski definition) is 2. The second kappa shape index (κ2) is 4.66. The Bertz CT molecular complexity index is 357. The molecule has 3 nitrogen and oxygen atoms in total. The van der Waals surface area contributed by atoms with E-state index in [1.54, 1.807) is 6.07 Å². The molecule has 0 aliphatic carbocycles. The molecule has 66 valence electrons. The number of hydrogen-bond donors (Lipinski definition) is 1. The van der Waals surface area contributed by atoms with Gasteiger partial charge in [-0.15, -0.1) is 0 Å². The van der Waals surface area contributed by atoms with Crippen molar-refractivity contribution in [2.45, 2.75) is 6.92 Å². The SMILES string of the molecule is CC(=O)Nc1ccccc1[Se]C#N. The summed E-state index contributed by atoms with van der Waals surface area (Å²) >= 11 is -0.223. The molecule has 0 saturated heterocycles. The van der Waals surface area contributed by atoms with Crippen LogP contribution in [-0.4, -0.2) is 20.9 Å². The van der Waals surface area contributed by atoms with Crippen molar-refractivity contribution >= 4 is 31.0 Å². The van der Waals surface area contributed by atoms with Crippen molar-refractivity contribution in [2.24, 2.45) is 0 Å². The molecule has 0 unspecified atom stereocenters. The summed E-state index contributed by atoms with van der Waals surface area (Å²) in [5.74, 6) is -0.110. The van der Waals surface area contributed by atoms with Gasteiger partial charge in [0.15, 0.2) is 0 Å². The zero-order chi connectivity index (χ0) is 9.68. The fourth-order valence-electron chi connectivity index (χ4n) is 0.898. The van der Waals surface area contributed by atoms with E-state index in [4.69, 9.17) is 5.26 Å². The number of carbonyl (C=O) groups excluding carboxylic acids is 1. The second-order valence-electron chi connectivity index (χ2n) is 2.37. The van der Waals surface area contributed by atoms with Crippen LogP contribution >= 0.6 is 0 Å².